The molecule has 0 saturated carbocycles. The minimum absolute atomic E-state index is 0.0135. The zero-order valence-corrected chi connectivity index (χ0v) is 10.6. The summed E-state index contributed by atoms with van der Waals surface area (Å²) in [6.07, 6.45) is -4.50. The first-order valence-electron chi connectivity index (χ1n) is 5.81. The van der Waals surface area contributed by atoms with Crippen molar-refractivity contribution in [2.45, 2.75) is 12.7 Å². The van der Waals surface area contributed by atoms with Gasteiger partial charge in [0.25, 0.3) is 0 Å². The van der Waals surface area contributed by atoms with Crippen molar-refractivity contribution in [3.63, 3.8) is 0 Å². The standard InChI is InChI=1S/C13H12F3N3O/c1-17-8-9-3-2-4-10(7-9)20-12-6-5-11(18-19-12)13(14,15)16/h2-7,17H,8H2,1H3. The van der Waals surface area contributed by atoms with Crippen LogP contribution in [0.2, 0.25) is 0 Å². The van der Waals surface area contributed by atoms with Gasteiger partial charge in [-0.05, 0) is 30.8 Å². The van der Waals surface area contributed by atoms with Crippen LogP contribution >= 0.6 is 0 Å². The Hall–Kier alpha value is -2.15. The van der Waals surface area contributed by atoms with Gasteiger partial charge in [-0.15, -0.1) is 10.2 Å². The van der Waals surface area contributed by atoms with Crippen molar-refractivity contribution < 1.29 is 17.9 Å². The van der Waals surface area contributed by atoms with Gasteiger partial charge in [-0.1, -0.05) is 12.1 Å². The molecule has 0 aliphatic heterocycles. The van der Waals surface area contributed by atoms with Crippen molar-refractivity contribution in [2.75, 3.05) is 7.05 Å². The predicted molar refractivity (Wildman–Crippen MR) is 66.3 cm³/mol. The number of aromatic nitrogens is 2. The molecule has 4 nitrogen and oxygen atoms in total. The first kappa shape index (κ1) is 14.3. The molecule has 0 saturated heterocycles. The van der Waals surface area contributed by atoms with Gasteiger partial charge in [0.2, 0.25) is 5.88 Å². The van der Waals surface area contributed by atoms with Crippen molar-refractivity contribution in [1.82, 2.24) is 15.5 Å². The lowest BCUT2D eigenvalue weighted by Crippen LogP contribution is -2.09. The molecule has 1 aromatic heterocycles. The molecule has 1 aromatic carbocycles. The summed E-state index contributed by atoms with van der Waals surface area (Å²) in [5.74, 6) is 0.506. The van der Waals surface area contributed by atoms with Crippen molar-refractivity contribution in [2.24, 2.45) is 0 Å². The van der Waals surface area contributed by atoms with E-state index in [2.05, 4.69) is 15.5 Å². The number of hydrogen-bond donors (Lipinski definition) is 1. The molecule has 2 aromatic rings. The molecule has 0 atom stereocenters. The minimum Gasteiger partial charge on any atom is -0.438 e. The van der Waals surface area contributed by atoms with Crippen LogP contribution in [-0.4, -0.2) is 17.2 Å². The summed E-state index contributed by atoms with van der Waals surface area (Å²) >= 11 is 0. The van der Waals surface area contributed by atoms with E-state index < -0.39 is 11.9 Å². The van der Waals surface area contributed by atoms with Gasteiger partial charge in [0, 0.05) is 12.6 Å². The molecule has 2 rings (SSSR count). The van der Waals surface area contributed by atoms with Crippen LogP contribution in [0.3, 0.4) is 0 Å². The third kappa shape index (κ3) is 3.67. The third-order valence-corrected chi connectivity index (χ3v) is 2.43. The molecule has 0 radical (unpaired) electrons. The van der Waals surface area contributed by atoms with Crippen molar-refractivity contribution >= 4 is 0 Å². The number of benzene rings is 1. The molecule has 1 heterocycles. The Bertz CT molecular complexity index is 570. The van der Waals surface area contributed by atoms with E-state index in [1.807, 2.05) is 13.1 Å². The maximum absolute atomic E-state index is 12.3. The summed E-state index contributed by atoms with van der Waals surface area (Å²) in [5.41, 5.74) is -0.0568. The average molecular weight is 283 g/mol. The topological polar surface area (TPSA) is 47.0 Å². The highest BCUT2D eigenvalue weighted by Gasteiger charge is 2.32. The molecule has 0 amide bonds. The Morgan fingerprint density at radius 2 is 1.95 bits per heavy atom. The molecule has 0 aliphatic carbocycles. The quantitative estimate of drug-likeness (QED) is 0.937. The molecule has 7 heteroatoms. The van der Waals surface area contributed by atoms with Crippen LogP contribution < -0.4 is 10.1 Å². The first-order chi connectivity index (χ1) is 9.49. The van der Waals surface area contributed by atoms with E-state index in [0.717, 1.165) is 17.7 Å². The summed E-state index contributed by atoms with van der Waals surface area (Å²) in [6.45, 7) is 0.663. The average Bonchev–Trinajstić information content (AvgIpc) is 2.39. The van der Waals surface area contributed by atoms with E-state index >= 15 is 0 Å². The molecule has 0 bridgehead atoms. The second-order valence-electron chi connectivity index (χ2n) is 4.03. The number of alkyl halides is 3. The van der Waals surface area contributed by atoms with Gasteiger partial charge in [-0.2, -0.15) is 13.2 Å². The van der Waals surface area contributed by atoms with E-state index in [0.29, 0.717) is 12.3 Å². The second kappa shape index (κ2) is 5.87. The Labute approximate surface area is 113 Å². The summed E-state index contributed by atoms with van der Waals surface area (Å²) in [5, 5.41) is 9.49. The van der Waals surface area contributed by atoms with E-state index in [-0.39, 0.29) is 5.88 Å². The normalized spacial score (nSPS) is 11.4. The number of nitrogens with one attached hydrogen (secondary N) is 1. The highest BCUT2D eigenvalue weighted by Crippen LogP contribution is 2.28. The zero-order valence-electron chi connectivity index (χ0n) is 10.6. The smallest absolute Gasteiger partial charge is 0.435 e. The van der Waals surface area contributed by atoms with E-state index in [1.54, 1.807) is 18.2 Å². The molecular formula is C13H12F3N3O. The van der Waals surface area contributed by atoms with Crippen molar-refractivity contribution in [1.29, 1.82) is 0 Å². The number of rotatable bonds is 4. The van der Waals surface area contributed by atoms with E-state index in [1.165, 1.54) is 0 Å². The maximum Gasteiger partial charge on any atom is 0.435 e. The minimum atomic E-state index is -4.50. The second-order valence-corrected chi connectivity index (χ2v) is 4.03. The lowest BCUT2D eigenvalue weighted by Gasteiger charge is -2.08. The SMILES string of the molecule is CNCc1cccc(Oc2ccc(C(F)(F)F)nn2)c1. The van der Waals surface area contributed by atoms with Gasteiger partial charge < -0.3 is 10.1 Å². The van der Waals surface area contributed by atoms with Gasteiger partial charge in [-0.25, -0.2) is 0 Å². The van der Waals surface area contributed by atoms with Gasteiger partial charge >= 0.3 is 6.18 Å². The highest BCUT2D eigenvalue weighted by molar-refractivity contribution is 5.31. The summed E-state index contributed by atoms with van der Waals surface area (Å²) in [6, 6.07) is 9.13. The number of halogens is 3. The largest absolute Gasteiger partial charge is 0.438 e. The Morgan fingerprint density at radius 1 is 1.15 bits per heavy atom. The van der Waals surface area contributed by atoms with Crippen LogP contribution in [0.25, 0.3) is 0 Å². The lowest BCUT2D eigenvalue weighted by molar-refractivity contribution is -0.141. The molecule has 0 aliphatic rings. The lowest BCUT2D eigenvalue weighted by atomic mass is 10.2. The van der Waals surface area contributed by atoms with Crippen LogP contribution in [0.4, 0.5) is 13.2 Å². The number of nitrogens with zero attached hydrogens (tertiary/aromatic N) is 2. The van der Waals surface area contributed by atoms with Crippen LogP contribution in [0, 0.1) is 0 Å². The first-order valence-corrected chi connectivity index (χ1v) is 5.81. The number of hydrogen-bond acceptors (Lipinski definition) is 4. The molecule has 106 valence electrons. The summed E-state index contributed by atoms with van der Waals surface area (Å²) < 4.78 is 42.4. The van der Waals surface area contributed by atoms with Crippen molar-refractivity contribution in [3.05, 3.63) is 47.7 Å². The Balaban J connectivity index is 2.12. The van der Waals surface area contributed by atoms with Crippen LogP contribution in [-0.2, 0) is 12.7 Å². The number of ether oxygens (including phenoxy) is 1. The fourth-order valence-corrected chi connectivity index (χ4v) is 1.57. The molecule has 1 N–H and O–H groups in total. The molecule has 0 unspecified atom stereocenters. The van der Waals surface area contributed by atoms with Gasteiger partial charge in [-0.3, -0.25) is 0 Å². The molecule has 0 spiro atoms. The van der Waals surface area contributed by atoms with Crippen molar-refractivity contribution in [3.8, 4) is 11.6 Å². The predicted octanol–water partition coefficient (Wildman–Crippen LogP) is 3.01. The Morgan fingerprint density at radius 3 is 2.55 bits per heavy atom. The van der Waals surface area contributed by atoms with E-state index in [9.17, 15) is 13.2 Å². The fraction of sp³-hybridized carbons (Fsp3) is 0.231. The molecule has 20 heavy (non-hydrogen) atoms. The summed E-state index contributed by atoms with van der Waals surface area (Å²) in [7, 11) is 1.81. The van der Waals surface area contributed by atoms with Gasteiger partial charge in [0.05, 0.1) is 0 Å². The van der Waals surface area contributed by atoms with Crippen LogP contribution in [0.5, 0.6) is 11.6 Å². The molecule has 0 fully saturated rings. The van der Waals surface area contributed by atoms with Gasteiger partial charge in [0.15, 0.2) is 5.69 Å². The maximum atomic E-state index is 12.3. The van der Waals surface area contributed by atoms with Crippen LogP contribution in [0.15, 0.2) is 36.4 Å². The Kier molecular flexibility index (Phi) is 4.19. The monoisotopic (exact) mass is 283 g/mol. The third-order valence-electron chi connectivity index (χ3n) is 2.43. The highest BCUT2D eigenvalue weighted by atomic mass is 19.4. The van der Waals surface area contributed by atoms with E-state index in [4.69, 9.17) is 4.74 Å². The van der Waals surface area contributed by atoms with Crippen LogP contribution in [0.1, 0.15) is 11.3 Å². The van der Waals surface area contributed by atoms with Gasteiger partial charge in [0.1, 0.15) is 5.75 Å². The zero-order chi connectivity index (χ0) is 14.6. The molecular weight excluding hydrogens is 271 g/mol. The summed E-state index contributed by atoms with van der Waals surface area (Å²) in [4.78, 5) is 0. The fourth-order valence-electron chi connectivity index (χ4n) is 1.57.